The Labute approximate surface area is 134 Å². The van der Waals surface area contributed by atoms with Crippen LogP contribution in [0.15, 0.2) is 70.6 Å². The third-order valence-corrected chi connectivity index (χ3v) is 5.02. The Morgan fingerprint density at radius 3 is 2.59 bits per heavy atom. The fourth-order valence-electron chi connectivity index (χ4n) is 2.79. The van der Waals surface area contributed by atoms with Crippen molar-refractivity contribution in [3.05, 3.63) is 66.4 Å². The van der Waals surface area contributed by atoms with Gasteiger partial charge in [-0.15, -0.1) is 0 Å². The van der Waals surface area contributed by atoms with E-state index in [1.165, 1.54) is 20.9 Å². The number of hydrogen-bond acceptors (Lipinski definition) is 2. The van der Waals surface area contributed by atoms with Crippen LogP contribution in [0.25, 0.3) is 11.3 Å². The maximum absolute atomic E-state index is 6.26. The lowest BCUT2D eigenvalue weighted by molar-refractivity contribution is -0.660. The van der Waals surface area contributed by atoms with Gasteiger partial charge in [0.25, 0.3) is 0 Å². The highest BCUT2D eigenvalue weighted by molar-refractivity contribution is 7.99. The van der Waals surface area contributed by atoms with Gasteiger partial charge in [-0.25, -0.2) is 4.57 Å². The Bertz CT molecular complexity index is 873. The monoisotopic (exact) mass is 306 g/mol. The number of hydrogen-bond donors (Lipinski definition) is 0. The van der Waals surface area contributed by atoms with Crippen molar-refractivity contribution < 1.29 is 9.30 Å². The van der Waals surface area contributed by atoms with E-state index < -0.39 is 0 Å². The van der Waals surface area contributed by atoms with E-state index in [1.807, 2.05) is 24.3 Å². The summed E-state index contributed by atoms with van der Waals surface area (Å²) in [4.78, 5) is 2.34. The van der Waals surface area contributed by atoms with Crippen LogP contribution in [0.5, 0.6) is 11.5 Å². The lowest BCUT2D eigenvalue weighted by atomic mass is 10.0. The first-order valence-electron chi connectivity index (χ1n) is 7.27. The van der Waals surface area contributed by atoms with Crippen molar-refractivity contribution in [2.45, 2.75) is 16.7 Å². The summed E-state index contributed by atoms with van der Waals surface area (Å²) in [5.41, 5.74) is 3.56. The van der Waals surface area contributed by atoms with Crippen molar-refractivity contribution in [2.24, 2.45) is 7.05 Å². The number of pyridine rings is 1. The van der Waals surface area contributed by atoms with Gasteiger partial charge in [-0.05, 0) is 36.8 Å². The highest BCUT2D eigenvalue weighted by atomic mass is 32.2. The highest BCUT2D eigenvalue weighted by Gasteiger charge is 2.25. The molecule has 0 saturated heterocycles. The van der Waals surface area contributed by atoms with E-state index in [0.717, 1.165) is 17.2 Å². The number of fused-ring (bicyclic) bond motifs is 2. The predicted octanol–water partition coefficient (Wildman–Crippen LogP) is 4.74. The van der Waals surface area contributed by atoms with Gasteiger partial charge in [-0.1, -0.05) is 30.0 Å². The molecule has 0 fully saturated rings. The van der Waals surface area contributed by atoms with Crippen molar-refractivity contribution in [1.82, 2.24) is 0 Å². The van der Waals surface area contributed by atoms with Gasteiger partial charge in [0.1, 0.15) is 12.8 Å². The molecule has 1 aliphatic heterocycles. The zero-order valence-electron chi connectivity index (χ0n) is 12.5. The smallest absolute Gasteiger partial charge is 0.216 e. The molecule has 0 bridgehead atoms. The number of aryl methyl sites for hydroxylation is 2. The van der Waals surface area contributed by atoms with Crippen molar-refractivity contribution in [2.75, 3.05) is 0 Å². The van der Waals surface area contributed by atoms with Gasteiger partial charge in [-0.2, -0.15) is 0 Å². The molecule has 0 N–H and O–H groups in total. The molecule has 0 spiro atoms. The second-order valence-electron chi connectivity index (χ2n) is 5.43. The van der Waals surface area contributed by atoms with Crippen LogP contribution in [-0.4, -0.2) is 0 Å². The summed E-state index contributed by atoms with van der Waals surface area (Å²) in [5.74, 6) is 1.90. The maximum atomic E-state index is 6.26. The Kier molecular flexibility index (Phi) is 3.16. The van der Waals surface area contributed by atoms with Crippen molar-refractivity contribution in [1.29, 1.82) is 0 Å². The number of rotatable bonds is 1. The van der Waals surface area contributed by atoms with Crippen molar-refractivity contribution in [3.8, 4) is 22.8 Å². The molecule has 2 aromatic carbocycles. The van der Waals surface area contributed by atoms with E-state index in [4.69, 9.17) is 4.74 Å². The molecular formula is C19H16NOS+. The summed E-state index contributed by atoms with van der Waals surface area (Å²) in [6, 6.07) is 18.8. The average Bonchev–Trinajstić information content (AvgIpc) is 2.54. The van der Waals surface area contributed by atoms with Gasteiger partial charge in [-0.3, -0.25) is 0 Å². The van der Waals surface area contributed by atoms with Gasteiger partial charge in [0.2, 0.25) is 5.69 Å². The van der Waals surface area contributed by atoms with E-state index in [-0.39, 0.29) is 0 Å². The predicted molar refractivity (Wildman–Crippen MR) is 88.4 cm³/mol. The summed E-state index contributed by atoms with van der Waals surface area (Å²) < 4.78 is 8.40. The Hall–Kier alpha value is -2.26. The number of nitrogens with zero attached hydrogens (tertiary/aromatic N) is 1. The van der Waals surface area contributed by atoms with Crippen LogP contribution >= 0.6 is 11.8 Å². The molecule has 22 heavy (non-hydrogen) atoms. The molecule has 3 heteroatoms. The molecule has 1 aliphatic rings. The molecule has 0 amide bonds. The molecule has 0 unspecified atom stereocenters. The number of benzene rings is 2. The molecule has 4 rings (SSSR count). The third-order valence-electron chi connectivity index (χ3n) is 3.92. The number of para-hydroxylation sites is 1. The topological polar surface area (TPSA) is 13.1 Å². The Morgan fingerprint density at radius 2 is 1.73 bits per heavy atom. The van der Waals surface area contributed by atoms with Crippen LogP contribution in [0.3, 0.4) is 0 Å². The first kappa shape index (κ1) is 13.4. The zero-order valence-corrected chi connectivity index (χ0v) is 13.4. The van der Waals surface area contributed by atoms with Crippen LogP contribution in [-0.2, 0) is 7.05 Å². The van der Waals surface area contributed by atoms with Crippen LogP contribution in [0.4, 0.5) is 0 Å². The fraction of sp³-hybridized carbons (Fsp3) is 0.105. The fourth-order valence-corrected chi connectivity index (χ4v) is 3.76. The standard InChI is InChI=1S/C19H16NOS/c1-13-10-11-17-19(18(13)14-7-5-6-12-20(14)2)21-15-8-3-4-9-16(15)22-17/h3-12H,1-2H3/q+1. The van der Waals surface area contributed by atoms with Crippen molar-refractivity contribution in [3.63, 3.8) is 0 Å². The second kappa shape index (κ2) is 5.18. The summed E-state index contributed by atoms with van der Waals surface area (Å²) in [6.45, 7) is 2.14. The van der Waals surface area contributed by atoms with Crippen molar-refractivity contribution >= 4 is 11.8 Å². The Balaban J connectivity index is 1.94. The zero-order chi connectivity index (χ0) is 15.1. The molecule has 108 valence electrons. The lowest BCUT2D eigenvalue weighted by Crippen LogP contribution is -2.30. The van der Waals surface area contributed by atoms with Gasteiger partial charge in [0, 0.05) is 12.1 Å². The highest BCUT2D eigenvalue weighted by Crippen LogP contribution is 2.50. The van der Waals surface area contributed by atoms with Gasteiger partial charge in [0.05, 0.1) is 15.4 Å². The minimum absolute atomic E-state index is 0.936. The molecule has 3 aromatic rings. The van der Waals surface area contributed by atoms with E-state index in [2.05, 4.69) is 55.1 Å². The molecule has 0 atom stereocenters. The minimum atomic E-state index is 0.936. The quantitative estimate of drug-likeness (QED) is 0.471. The molecular weight excluding hydrogens is 290 g/mol. The van der Waals surface area contributed by atoms with E-state index >= 15 is 0 Å². The summed E-state index contributed by atoms with van der Waals surface area (Å²) >= 11 is 1.77. The van der Waals surface area contributed by atoms with Crippen LogP contribution in [0.2, 0.25) is 0 Å². The maximum Gasteiger partial charge on any atom is 0.216 e. The summed E-state index contributed by atoms with van der Waals surface area (Å²) in [6.07, 6.45) is 2.07. The molecule has 2 nitrogen and oxygen atoms in total. The molecule has 0 radical (unpaired) electrons. The second-order valence-corrected chi connectivity index (χ2v) is 6.52. The Morgan fingerprint density at radius 1 is 0.909 bits per heavy atom. The summed E-state index contributed by atoms with van der Waals surface area (Å²) in [5, 5.41) is 0. The first-order valence-corrected chi connectivity index (χ1v) is 8.09. The normalized spacial score (nSPS) is 12.3. The van der Waals surface area contributed by atoms with Crippen LogP contribution in [0.1, 0.15) is 5.56 Å². The number of ether oxygens (including phenoxy) is 1. The summed E-state index contributed by atoms with van der Waals surface area (Å²) in [7, 11) is 2.07. The number of aromatic nitrogens is 1. The largest absolute Gasteiger partial charge is 0.454 e. The van der Waals surface area contributed by atoms with Gasteiger partial charge >= 0.3 is 0 Å². The molecule has 1 aromatic heterocycles. The average molecular weight is 306 g/mol. The SMILES string of the molecule is Cc1ccc2c(c1-c1cccc[n+]1C)Oc1ccccc1S2. The van der Waals surface area contributed by atoms with E-state index in [0.29, 0.717) is 0 Å². The first-order chi connectivity index (χ1) is 10.7. The van der Waals surface area contributed by atoms with Crippen LogP contribution < -0.4 is 9.30 Å². The van der Waals surface area contributed by atoms with Gasteiger partial charge < -0.3 is 4.74 Å². The third kappa shape index (κ3) is 2.09. The minimum Gasteiger partial charge on any atom is -0.454 e. The lowest BCUT2D eigenvalue weighted by Gasteiger charge is -2.22. The molecule has 0 saturated carbocycles. The van der Waals surface area contributed by atoms with E-state index in [1.54, 1.807) is 11.8 Å². The molecule has 2 heterocycles. The van der Waals surface area contributed by atoms with E-state index in [9.17, 15) is 0 Å². The van der Waals surface area contributed by atoms with Gasteiger partial charge in [0.15, 0.2) is 11.9 Å². The molecule has 0 aliphatic carbocycles. The van der Waals surface area contributed by atoms with Crippen LogP contribution in [0, 0.1) is 6.92 Å².